The predicted molar refractivity (Wildman–Crippen MR) is 50.8 cm³/mol. The van der Waals surface area contributed by atoms with Crippen LogP contribution in [0.2, 0.25) is 0 Å². The number of esters is 1. The molecule has 0 aliphatic carbocycles. The first-order chi connectivity index (χ1) is 6.20. The van der Waals surface area contributed by atoms with Crippen LogP contribution >= 0.6 is 0 Å². The Bertz CT molecular complexity index is 291. The normalized spacial score (nSPS) is 12.5. The lowest BCUT2D eigenvalue weighted by Gasteiger charge is -2.13. The van der Waals surface area contributed by atoms with E-state index in [0.717, 1.165) is 6.42 Å². The van der Waals surface area contributed by atoms with Crippen LogP contribution in [-0.4, -0.2) is 17.6 Å². The van der Waals surface area contributed by atoms with E-state index < -0.39 is 0 Å². The topological polar surface area (TPSA) is 31.2 Å². The van der Waals surface area contributed by atoms with Crippen LogP contribution in [0.1, 0.15) is 36.8 Å². The number of carbonyl (C=O) groups excluding carboxylic acids is 1. The molecule has 0 aliphatic heterocycles. The summed E-state index contributed by atoms with van der Waals surface area (Å²) < 4.78 is 6.61. The van der Waals surface area contributed by atoms with E-state index in [4.69, 9.17) is 0 Å². The smallest absolute Gasteiger partial charge is 0.354 e. The molecule has 0 aliphatic rings. The van der Waals surface area contributed by atoms with E-state index >= 15 is 0 Å². The molecule has 0 saturated heterocycles. The maximum absolute atomic E-state index is 11.3. The SMILES string of the molecule is CC[C@H](C)n1cccc1C(=O)OC. The van der Waals surface area contributed by atoms with Gasteiger partial charge in [0.25, 0.3) is 0 Å². The lowest BCUT2D eigenvalue weighted by Crippen LogP contribution is -2.12. The lowest BCUT2D eigenvalue weighted by molar-refractivity contribution is 0.0586. The average molecular weight is 181 g/mol. The number of nitrogens with zero attached hydrogens (tertiary/aromatic N) is 1. The maximum Gasteiger partial charge on any atom is 0.354 e. The molecule has 0 radical (unpaired) electrons. The molecule has 1 atom stereocenters. The van der Waals surface area contributed by atoms with Gasteiger partial charge >= 0.3 is 5.97 Å². The molecule has 72 valence electrons. The monoisotopic (exact) mass is 181 g/mol. The second kappa shape index (κ2) is 4.12. The van der Waals surface area contributed by atoms with Gasteiger partial charge in [0.1, 0.15) is 5.69 Å². The van der Waals surface area contributed by atoms with Gasteiger partial charge in [0.15, 0.2) is 0 Å². The van der Waals surface area contributed by atoms with Crippen LogP contribution in [0.4, 0.5) is 0 Å². The van der Waals surface area contributed by atoms with Crippen molar-refractivity contribution in [2.24, 2.45) is 0 Å². The fourth-order valence-corrected chi connectivity index (χ4v) is 1.25. The molecule has 1 heterocycles. The molecule has 1 aromatic rings. The minimum atomic E-state index is -0.273. The maximum atomic E-state index is 11.3. The first kappa shape index (κ1) is 9.84. The summed E-state index contributed by atoms with van der Waals surface area (Å²) in [5, 5.41) is 0. The van der Waals surface area contributed by atoms with Crippen LogP contribution in [0, 0.1) is 0 Å². The molecule has 1 aromatic heterocycles. The first-order valence-corrected chi connectivity index (χ1v) is 4.45. The third-order valence-electron chi connectivity index (χ3n) is 2.24. The summed E-state index contributed by atoms with van der Waals surface area (Å²) in [6.45, 7) is 4.16. The third-order valence-corrected chi connectivity index (χ3v) is 2.24. The zero-order chi connectivity index (χ0) is 9.84. The Morgan fingerprint density at radius 3 is 2.92 bits per heavy atom. The van der Waals surface area contributed by atoms with Gasteiger partial charge in [0.2, 0.25) is 0 Å². The number of aromatic nitrogens is 1. The highest BCUT2D eigenvalue weighted by Gasteiger charge is 2.13. The second-order valence-corrected chi connectivity index (χ2v) is 3.05. The molecule has 1 rings (SSSR count). The molecule has 0 saturated carbocycles. The van der Waals surface area contributed by atoms with Gasteiger partial charge in [-0.05, 0) is 25.5 Å². The van der Waals surface area contributed by atoms with Crippen LogP contribution in [0.15, 0.2) is 18.3 Å². The third kappa shape index (κ3) is 1.91. The van der Waals surface area contributed by atoms with E-state index in [2.05, 4.69) is 18.6 Å². The van der Waals surface area contributed by atoms with Crippen molar-refractivity contribution in [3.63, 3.8) is 0 Å². The molecule has 0 bridgehead atoms. The lowest BCUT2D eigenvalue weighted by atomic mass is 10.2. The molecule has 3 heteroatoms. The summed E-state index contributed by atoms with van der Waals surface area (Å²) in [6.07, 6.45) is 2.90. The van der Waals surface area contributed by atoms with E-state index in [1.807, 2.05) is 16.8 Å². The Kier molecular flexibility index (Phi) is 3.12. The number of rotatable bonds is 3. The minimum Gasteiger partial charge on any atom is -0.464 e. The molecular weight excluding hydrogens is 166 g/mol. The van der Waals surface area contributed by atoms with Crippen molar-refractivity contribution in [3.05, 3.63) is 24.0 Å². The fraction of sp³-hybridized carbons (Fsp3) is 0.500. The van der Waals surface area contributed by atoms with Crippen LogP contribution in [0.3, 0.4) is 0 Å². The standard InChI is InChI=1S/C10H15NO2/c1-4-8(2)11-7-5-6-9(11)10(12)13-3/h5-8H,4H2,1-3H3/t8-/m0/s1. The van der Waals surface area contributed by atoms with E-state index in [1.54, 1.807) is 6.07 Å². The number of methoxy groups -OCH3 is 1. The Morgan fingerprint density at radius 2 is 2.38 bits per heavy atom. The van der Waals surface area contributed by atoms with Crippen molar-refractivity contribution in [1.82, 2.24) is 4.57 Å². The second-order valence-electron chi connectivity index (χ2n) is 3.05. The van der Waals surface area contributed by atoms with Gasteiger partial charge in [-0.25, -0.2) is 4.79 Å². The Hall–Kier alpha value is -1.25. The van der Waals surface area contributed by atoms with Crippen LogP contribution in [0.25, 0.3) is 0 Å². The summed E-state index contributed by atoms with van der Waals surface area (Å²) >= 11 is 0. The quantitative estimate of drug-likeness (QED) is 0.670. The van der Waals surface area contributed by atoms with Gasteiger partial charge in [0, 0.05) is 12.2 Å². The molecule has 0 N–H and O–H groups in total. The largest absolute Gasteiger partial charge is 0.464 e. The Morgan fingerprint density at radius 1 is 1.69 bits per heavy atom. The van der Waals surface area contributed by atoms with Gasteiger partial charge in [-0.2, -0.15) is 0 Å². The summed E-state index contributed by atoms with van der Waals surface area (Å²) in [7, 11) is 1.40. The highest BCUT2D eigenvalue weighted by Crippen LogP contribution is 2.14. The fourth-order valence-electron chi connectivity index (χ4n) is 1.25. The molecule has 3 nitrogen and oxygen atoms in total. The molecule has 0 aromatic carbocycles. The highest BCUT2D eigenvalue weighted by molar-refractivity contribution is 5.87. The molecule has 0 unspecified atom stereocenters. The minimum absolute atomic E-state index is 0.273. The molecule has 0 spiro atoms. The summed E-state index contributed by atoms with van der Waals surface area (Å²) in [4.78, 5) is 11.3. The van der Waals surface area contributed by atoms with Crippen LogP contribution in [-0.2, 0) is 4.74 Å². The van der Waals surface area contributed by atoms with Crippen molar-refractivity contribution in [1.29, 1.82) is 0 Å². The Labute approximate surface area is 78.3 Å². The number of ether oxygens (including phenoxy) is 1. The van der Waals surface area contributed by atoms with E-state index in [0.29, 0.717) is 11.7 Å². The van der Waals surface area contributed by atoms with Crippen molar-refractivity contribution in [3.8, 4) is 0 Å². The molecule has 0 amide bonds. The van der Waals surface area contributed by atoms with Gasteiger partial charge < -0.3 is 9.30 Å². The van der Waals surface area contributed by atoms with Crippen molar-refractivity contribution >= 4 is 5.97 Å². The first-order valence-electron chi connectivity index (χ1n) is 4.45. The van der Waals surface area contributed by atoms with Gasteiger partial charge in [-0.15, -0.1) is 0 Å². The number of carbonyl (C=O) groups is 1. The summed E-state index contributed by atoms with van der Waals surface area (Å²) in [5.41, 5.74) is 0.622. The average Bonchev–Trinajstić information content (AvgIpc) is 2.63. The highest BCUT2D eigenvalue weighted by atomic mass is 16.5. The zero-order valence-electron chi connectivity index (χ0n) is 8.28. The van der Waals surface area contributed by atoms with Crippen molar-refractivity contribution < 1.29 is 9.53 Å². The predicted octanol–water partition coefficient (Wildman–Crippen LogP) is 2.25. The number of hydrogen-bond donors (Lipinski definition) is 0. The summed E-state index contributed by atoms with van der Waals surface area (Å²) in [5.74, 6) is -0.273. The van der Waals surface area contributed by atoms with E-state index in [9.17, 15) is 4.79 Å². The van der Waals surface area contributed by atoms with Gasteiger partial charge in [0.05, 0.1) is 7.11 Å². The Balaban J connectivity index is 2.95. The molecule has 13 heavy (non-hydrogen) atoms. The molecule has 0 fully saturated rings. The zero-order valence-corrected chi connectivity index (χ0v) is 8.28. The summed E-state index contributed by atoms with van der Waals surface area (Å²) in [6, 6.07) is 3.97. The van der Waals surface area contributed by atoms with Gasteiger partial charge in [-0.1, -0.05) is 6.92 Å². The van der Waals surface area contributed by atoms with Crippen molar-refractivity contribution in [2.45, 2.75) is 26.3 Å². The number of hydrogen-bond acceptors (Lipinski definition) is 2. The van der Waals surface area contributed by atoms with Crippen LogP contribution < -0.4 is 0 Å². The van der Waals surface area contributed by atoms with Crippen molar-refractivity contribution in [2.75, 3.05) is 7.11 Å². The van der Waals surface area contributed by atoms with E-state index in [1.165, 1.54) is 7.11 Å². The van der Waals surface area contributed by atoms with Gasteiger partial charge in [-0.3, -0.25) is 0 Å². The van der Waals surface area contributed by atoms with E-state index in [-0.39, 0.29) is 5.97 Å². The molecular formula is C10H15NO2. The van der Waals surface area contributed by atoms with Crippen LogP contribution in [0.5, 0.6) is 0 Å².